The van der Waals surface area contributed by atoms with Gasteiger partial charge in [0, 0.05) is 29.9 Å². The molecule has 0 atom stereocenters. The number of hydrogen-bond acceptors (Lipinski definition) is 5. The summed E-state index contributed by atoms with van der Waals surface area (Å²) in [4.78, 5) is 39.5. The van der Waals surface area contributed by atoms with Gasteiger partial charge in [-0.1, -0.05) is 66.2 Å². The molecule has 0 radical (unpaired) electrons. The van der Waals surface area contributed by atoms with Gasteiger partial charge in [0.2, 0.25) is 0 Å². The maximum absolute atomic E-state index is 13.3. The Morgan fingerprint density at radius 2 is 1.56 bits per heavy atom. The summed E-state index contributed by atoms with van der Waals surface area (Å²) in [5.41, 5.74) is 5.23. The molecule has 2 amide bonds. The van der Waals surface area contributed by atoms with Gasteiger partial charge in [0.15, 0.2) is 0 Å². The molecule has 43 heavy (non-hydrogen) atoms. The Kier molecular flexibility index (Phi) is 10.9. The molecule has 0 aliphatic carbocycles. The molecule has 7 nitrogen and oxygen atoms in total. The number of aryl methyl sites for hydroxylation is 1. The van der Waals surface area contributed by atoms with Gasteiger partial charge < -0.3 is 19.7 Å². The summed E-state index contributed by atoms with van der Waals surface area (Å²) < 4.78 is 10.8. The lowest BCUT2D eigenvalue weighted by Crippen LogP contribution is -2.26. The van der Waals surface area contributed by atoms with Gasteiger partial charge in [-0.2, -0.15) is 0 Å². The first-order chi connectivity index (χ1) is 20.9. The fourth-order valence-corrected chi connectivity index (χ4v) is 4.47. The summed E-state index contributed by atoms with van der Waals surface area (Å²) in [6, 6.07) is 29.7. The highest BCUT2D eigenvalue weighted by Crippen LogP contribution is 2.29. The number of esters is 1. The van der Waals surface area contributed by atoms with Crippen molar-refractivity contribution in [3.63, 3.8) is 0 Å². The SMILES string of the molecule is CCOC(=O)/C=C/CCCOc1ccccc1N(C)C(=O)c1ccc(NC(=O)c2ccccc2-c2ccc(C)cc2)cc1. The monoisotopic (exact) mass is 576 g/mol. The summed E-state index contributed by atoms with van der Waals surface area (Å²) in [6.07, 6.45) is 4.55. The highest BCUT2D eigenvalue weighted by molar-refractivity contribution is 6.09. The first kappa shape index (κ1) is 30.8. The zero-order valence-electron chi connectivity index (χ0n) is 24.7. The molecule has 0 unspecified atom stereocenters. The van der Waals surface area contributed by atoms with Crippen molar-refractivity contribution in [2.45, 2.75) is 26.7 Å². The third kappa shape index (κ3) is 8.42. The summed E-state index contributed by atoms with van der Waals surface area (Å²) >= 11 is 0. The Hall–Kier alpha value is -5.17. The average molecular weight is 577 g/mol. The Morgan fingerprint density at radius 3 is 2.30 bits per heavy atom. The highest BCUT2D eigenvalue weighted by Gasteiger charge is 2.18. The standard InChI is InChI=1S/C36H36N2O5/c1-4-42-34(39)16-6-5-11-25-43-33-15-10-9-14-32(33)38(3)36(41)28-21-23-29(24-22-28)37-35(40)31-13-8-7-12-30(31)27-19-17-26(2)18-20-27/h6-10,12-24H,4-5,11,25H2,1-3H3,(H,37,40)/b16-6+. The zero-order valence-corrected chi connectivity index (χ0v) is 24.7. The quantitative estimate of drug-likeness (QED) is 0.107. The third-order valence-electron chi connectivity index (χ3n) is 6.77. The maximum Gasteiger partial charge on any atom is 0.330 e. The van der Waals surface area contributed by atoms with Crippen molar-refractivity contribution in [3.8, 4) is 16.9 Å². The molecule has 220 valence electrons. The molecule has 1 N–H and O–H groups in total. The smallest absolute Gasteiger partial charge is 0.330 e. The number of carbonyl (C=O) groups excluding carboxylic acids is 3. The number of hydrogen-bond donors (Lipinski definition) is 1. The van der Waals surface area contributed by atoms with Crippen molar-refractivity contribution in [2.24, 2.45) is 0 Å². The lowest BCUT2D eigenvalue weighted by atomic mass is 9.98. The zero-order chi connectivity index (χ0) is 30.6. The summed E-state index contributed by atoms with van der Waals surface area (Å²) in [5, 5.41) is 2.95. The lowest BCUT2D eigenvalue weighted by molar-refractivity contribution is -0.137. The minimum atomic E-state index is -0.354. The summed E-state index contributed by atoms with van der Waals surface area (Å²) in [7, 11) is 1.70. The van der Waals surface area contributed by atoms with Gasteiger partial charge in [0.05, 0.1) is 18.9 Å². The third-order valence-corrected chi connectivity index (χ3v) is 6.77. The normalized spacial score (nSPS) is 10.8. The van der Waals surface area contributed by atoms with E-state index < -0.39 is 0 Å². The molecule has 0 fully saturated rings. The predicted octanol–water partition coefficient (Wildman–Crippen LogP) is 7.47. The van der Waals surface area contributed by atoms with Crippen LogP contribution in [0.1, 0.15) is 46.0 Å². The van der Waals surface area contributed by atoms with Gasteiger partial charge in [-0.3, -0.25) is 9.59 Å². The number of ether oxygens (including phenoxy) is 2. The van der Waals surface area contributed by atoms with Crippen molar-refractivity contribution in [2.75, 3.05) is 30.5 Å². The second-order valence-electron chi connectivity index (χ2n) is 9.92. The number of allylic oxidation sites excluding steroid dienone is 1. The number of carbonyl (C=O) groups is 3. The van der Waals surface area contributed by atoms with E-state index in [9.17, 15) is 14.4 Å². The van der Waals surface area contributed by atoms with Crippen molar-refractivity contribution >= 4 is 29.2 Å². The average Bonchev–Trinajstić information content (AvgIpc) is 3.03. The minimum absolute atomic E-state index is 0.212. The Morgan fingerprint density at radius 1 is 0.860 bits per heavy atom. The molecule has 0 bridgehead atoms. The molecule has 4 aromatic rings. The molecule has 0 saturated heterocycles. The fraction of sp³-hybridized carbons (Fsp3) is 0.194. The van der Waals surface area contributed by atoms with Crippen LogP contribution in [-0.2, 0) is 9.53 Å². The van der Waals surface area contributed by atoms with Crippen LogP contribution in [-0.4, -0.2) is 38.0 Å². The van der Waals surface area contributed by atoms with E-state index in [-0.39, 0.29) is 17.8 Å². The van der Waals surface area contributed by atoms with Crippen molar-refractivity contribution in [1.82, 2.24) is 0 Å². The molecule has 4 rings (SSSR count). The molecule has 0 heterocycles. The van der Waals surface area contributed by atoms with E-state index >= 15 is 0 Å². The molecule has 0 aliphatic rings. The van der Waals surface area contributed by atoms with Gasteiger partial charge in [0.1, 0.15) is 5.75 Å². The molecule has 0 aliphatic heterocycles. The molecular weight excluding hydrogens is 540 g/mol. The van der Waals surface area contributed by atoms with E-state index in [1.165, 1.54) is 6.08 Å². The number of anilines is 2. The molecule has 0 aromatic heterocycles. The first-order valence-corrected chi connectivity index (χ1v) is 14.3. The Balaban J connectivity index is 1.37. The Bertz CT molecular complexity index is 1580. The van der Waals surface area contributed by atoms with Crippen LogP contribution in [0.15, 0.2) is 109 Å². The van der Waals surface area contributed by atoms with Crippen LogP contribution in [0, 0.1) is 6.92 Å². The predicted molar refractivity (Wildman–Crippen MR) is 171 cm³/mol. The number of unbranched alkanes of at least 4 members (excludes halogenated alkanes) is 1. The van der Waals surface area contributed by atoms with E-state index in [0.717, 1.165) is 16.7 Å². The van der Waals surface area contributed by atoms with E-state index in [2.05, 4.69) is 5.32 Å². The lowest BCUT2D eigenvalue weighted by Gasteiger charge is -2.21. The molecular formula is C36H36N2O5. The van der Waals surface area contributed by atoms with E-state index in [1.807, 2.05) is 73.7 Å². The van der Waals surface area contributed by atoms with Gasteiger partial charge >= 0.3 is 5.97 Å². The molecule has 0 spiro atoms. The Labute approximate surface area is 252 Å². The second-order valence-corrected chi connectivity index (χ2v) is 9.92. The number of nitrogens with one attached hydrogen (secondary N) is 1. The van der Waals surface area contributed by atoms with E-state index in [4.69, 9.17) is 9.47 Å². The summed E-state index contributed by atoms with van der Waals surface area (Å²) in [6.45, 7) is 4.56. The van der Waals surface area contributed by atoms with Crippen molar-refractivity contribution in [3.05, 3.63) is 126 Å². The topological polar surface area (TPSA) is 84.9 Å². The van der Waals surface area contributed by atoms with Gasteiger partial charge in [-0.05, 0) is 80.3 Å². The second kappa shape index (κ2) is 15.2. The fourth-order valence-electron chi connectivity index (χ4n) is 4.47. The van der Waals surface area contributed by atoms with Crippen molar-refractivity contribution in [1.29, 1.82) is 0 Å². The first-order valence-electron chi connectivity index (χ1n) is 14.3. The van der Waals surface area contributed by atoms with Gasteiger partial charge in [0.25, 0.3) is 11.8 Å². The van der Waals surface area contributed by atoms with Crippen LogP contribution in [0.4, 0.5) is 11.4 Å². The van der Waals surface area contributed by atoms with Crippen LogP contribution in [0.3, 0.4) is 0 Å². The number of para-hydroxylation sites is 2. The maximum atomic E-state index is 13.3. The van der Waals surface area contributed by atoms with Crippen molar-refractivity contribution < 1.29 is 23.9 Å². The van der Waals surface area contributed by atoms with Gasteiger partial charge in [-0.25, -0.2) is 4.79 Å². The highest BCUT2D eigenvalue weighted by atomic mass is 16.5. The van der Waals surface area contributed by atoms with Gasteiger partial charge in [-0.15, -0.1) is 0 Å². The van der Waals surface area contributed by atoms with Crippen LogP contribution in [0.5, 0.6) is 5.75 Å². The van der Waals surface area contributed by atoms with Crippen LogP contribution >= 0.6 is 0 Å². The number of nitrogens with zero attached hydrogens (tertiary/aromatic N) is 1. The van der Waals surface area contributed by atoms with E-state index in [1.54, 1.807) is 55.3 Å². The van der Waals surface area contributed by atoms with Crippen LogP contribution in [0.25, 0.3) is 11.1 Å². The number of benzene rings is 4. The number of amides is 2. The number of rotatable bonds is 12. The molecule has 4 aromatic carbocycles. The molecule has 0 saturated carbocycles. The molecule has 7 heteroatoms. The van der Waals surface area contributed by atoms with E-state index in [0.29, 0.717) is 54.3 Å². The van der Waals surface area contributed by atoms with Crippen LogP contribution < -0.4 is 15.0 Å². The minimum Gasteiger partial charge on any atom is -0.491 e. The van der Waals surface area contributed by atoms with Crippen LogP contribution in [0.2, 0.25) is 0 Å². The largest absolute Gasteiger partial charge is 0.491 e. The summed E-state index contributed by atoms with van der Waals surface area (Å²) in [5.74, 6) is -0.206.